The standard InChI is InChI=1S/C19H18ClN3OS/c1-12-4-5-13(9-15(12)20)10-23-7-6-16-14(11-23)19(24)22-18(21-16)17-3-2-8-25-17/h2-5,8-9H,6-7,10-11H2,1H3,(H,21,22,24). The van der Waals surface area contributed by atoms with Crippen molar-refractivity contribution in [3.63, 3.8) is 0 Å². The zero-order chi connectivity index (χ0) is 17.4. The van der Waals surface area contributed by atoms with Gasteiger partial charge in [0.05, 0.1) is 16.1 Å². The number of aryl methyl sites for hydroxylation is 1. The molecule has 2 aromatic heterocycles. The van der Waals surface area contributed by atoms with E-state index in [4.69, 9.17) is 16.6 Å². The molecule has 3 heterocycles. The highest BCUT2D eigenvalue weighted by Crippen LogP contribution is 2.24. The van der Waals surface area contributed by atoms with E-state index >= 15 is 0 Å². The van der Waals surface area contributed by atoms with Crippen molar-refractivity contribution in [1.82, 2.24) is 14.9 Å². The molecule has 6 heteroatoms. The average Bonchev–Trinajstić information content (AvgIpc) is 3.13. The van der Waals surface area contributed by atoms with Crippen LogP contribution in [0.3, 0.4) is 0 Å². The number of hydrogen-bond acceptors (Lipinski definition) is 4. The molecule has 0 spiro atoms. The van der Waals surface area contributed by atoms with Crippen molar-refractivity contribution in [3.05, 3.63) is 73.5 Å². The smallest absolute Gasteiger partial charge is 0.255 e. The molecule has 128 valence electrons. The fraction of sp³-hybridized carbons (Fsp3) is 0.263. The minimum atomic E-state index is -0.0277. The Bertz CT molecular complexity index is 965. The summed E-state index contributed by atoms with van der Waals surface area (Å²) in [6, 6.07) is 10.1. The maximum Gasteiger partial charge on any atom is 0.255 e. The van der Waals surface area contributed by atoms with Crippen LogP contribution in [0.2, 0.25) is 5.02 Å². The largest absolute Gasteiger partial charge is 0.306 e. The normalized spacial score (nSPS) is 14.5. The van der Waals surface area contributed by atoms with Gasteiger partial charge >= 0.3 is 0 Å². The Morgan fingerprint density at radius 2 is 2.24 bits per heavy atom. The van der Waals surface area contributed by atoms with E-state index < -0.39 is 0 Å². The third-order valence-corrected chi connectivity index (χ3v) is 5.83. The van der Waals surface area contributed by atoms with E-state index in [1.165, 1.54) is 5.56 Å². The first-order valence-corrected chi connectivity index (χ1v) is 9.49. The summed E-state index contributed by atoms with van der Waals surface area (Å²) >= 11 is 7.81. The number of hydrogen-bond donors (Lipinski definition) is 1. The molecule has 0 saturated carbocycles. The summed E-state index contributed by atoms with van der Waals surface area (Å²) in [4.78, 5) is 23.4. The molecule has 1 aliphatic rings. The second kappa shape index (κ2) is 6.75. The Balaban J connectivity index is 1.57. The molecule has 25 heavy (non-hydrogen) atoms. The molecule has 0 amide bonds. The number of nitrogens with zero attached hydrogens (tertiary/aromatic N) is 2. The van der Waals surface area contributed by atoms with Crippen LogP contribution in [-0.4, -0.2) is 21.4 Å². The molecule has 1 N–H and O–H groups in total. The van der Waals surface area contributed by atoms with Crippen LogP contribution >= 0.6 is 22.9 Å². The first kappa shape index (κ1) is 16.5. The number of H-pyrrole nitrogens is 1. The summed E-state index contributed by atoms with van der Waals surface area (Å²) in [6.07, 6.45) is 0.789. The molecular weight excluding hydrogens is 354 g/mol. The predicted molar refractivity (Wildman–Crippen MR) is 102 cm³/mol. The van der Waals surface area contributed by atoms with Crippen molar-refractivity contribution >= 4 is 22.9 Å². The van der Waals surface area contributed by atoms with Crippen molar-refractivity contribution < 1.29 is 0 Å². The summed E-state index contributed by atoms with van der Waals surface area (Å²) in [6.45, 7) is 4.29. The molecule has 0 bridgehead atoms. The zero-order valence-corrected chi connectivity index (χ0v) is 15.5. The molecule has 0 atom stereocenters. The summed E-state index contributed by atoms with van der Waals surface area (Å²) < 4.78 is 0. The first-order valence-electron chi connectivity index (χ1n) is 8.23. The summed E-state index contributed by atoms with van der Waals surface area (Å²) in [5.41, 5.74) is 3.92. The lowest BCUT2D eigenvalue weighted by Crippen LogP contribution is -2.35. The highest BCUT2D eigenvalue weighted by Gasteiger charge is 2.21. The second-order valence-corrected chi connectivity index (χ2v) is 7.72. The van der Waals surface area contributed by atoms with Crippen LogP contribution in [0.1, 0.15) is 22.4 Å². The highest BCUT2D eigenvalue weighted by atomic mass is 35.5. The maximum atomic E-state index is 12.5. The molecule has 3 aromatic rings. The van der Waals surface area contributed by atoms with E-state index in [1.807, 2.05) is 36.6 Å². The number of halogens is 1. The van der Waals surface area contributed by atoms with Crippen LogP contribution in [0.5, 0.6) is 0 Å². The van der Waals surface area contributed by atoms with Gasteiger partial charge in [-0.25, -0.2) is 4.98 Å². The van der Waals surface area contributed by atoms with Gasteiger partial charge < -0.3 is 4.98 Å². The van der Waals surface area contributed by atoms with E-state index in [-0.39, 0.29) is 5.56 Å². The molecule has 0 fully saturated rings. The van der Waals surface area contributed by atoms with E-state index in [9.17, 15) is 4.79 Å². The third-order valence-electron chi connectivity index (χ3n) is 4.54. The number of thiophene rings is 1. The minimum absolute atomic E-state index is 0.0277. The van der Waals surface area contributed by atoms with Gasteiger partial charge in [-0.1, -0.05) is 29.8 Å². The van der Waals surface area contributed by atoms with Gasteiger partial charge in [-0.2, -0.15) is 0 Å². The van der Waals surface area contributed by atoms with Crippen molar-refractivity contribution in [1.29, 1.82) is 0 Å². The van der Waals surface area contributed by atoms with Gasteiger partial charge in [-0.3, -0.25) is 9.69 Å². The Hall–Kier alpha value is -1.95. The van der Waals surface area contributed by atoms with Crippen molar-refractivity contribution in [3.8, 4) is 10.7 Å². The van der Waals surface area contributed by atoms with Crippen LogP contribution in [-0.2, 0) is 19.5 Å². The third kappa shape index (κ3) is 3.40. The van der Waals surface area contributed by atoms with Crippen LogP contribution in [0.25, 0.3) is 10.7 Å². The predicted octanol–water partition coefficient (Wildman–Crippen LogP) is 4.02. The highest BCUT2D eigenvalue weighted by molar-refractivity contribution is 7.13. The molecule has 0 unspecified atom stereocenters. The number of aromatic nitrogens is 2. The first-order chi connectivity index (χ1) is 12.1. The molecule has 4 rings (SSSR count). The van der Waals surface area contributed by atoms with Gasteiger partial charge in [0.1, 0.15) is 0 Å². The summed E-state index contributed by atoms with van der Waals surface area (Å²) in [7, 11) is 0. The molecule has 0 radical (unpaired) electrons. The van der Waals surface area contributed by atoms with Crippen LogP contribution in [0, 0.1) is 6.92 Å². The SMILES string of the molecule is Cc1ccc(CN2CCc3nc(-c4cccs4)[nH]c(=O)c3C2)cc1Cl. The van der Waals surface area contributed by atoms with Crippen molar-refractivity contribution in [2.75, 3.05) is 6.54 Å². The maximum absolute atomic E-state index is 12.5. The summed E-state index contributed by atoms with van der Waals surface area (Å²) in [5.74, 6) is 0.678. The fourth-order valence-electron chi connectivity index (χ4n) is 3.14. The van der Waals surface area contributed by atoms with Crippen LogP contribution in [0.4, 0.5) is 0 Å². The van der Waals surface area contributed by atoms with Gasteiger partial charge in [-0.05, 0) is 35.6 Å². The average molecular weight is 372 g/mol. The number of nitrogens with one attached hydrogen (secondary N) is 1. The number of benzene rings is 1. The van der Waals surface area contributed by atoms with Crippen molar-refractivity contribution in [2.24, 2.45) is 0 Å². The van der Waals surface area contributed by atoms with E-state index in [1.54, 1.807) is 11.3 Å². The van der Waals surface area contributed by atoms with Crippen LogP contribution in [0.15, 0.2) is 40.5 Å². The van der Waals surface area contributed by atoms with E-state index in [2.05, 4.69) is 16.0 Å². The molecule has 1 aliphatic heterocycles. The number of aromatic amines is 1. The lowest BCUT2D eigenvalue weighted by molar-refractivity contribution is 0.242. The molecule has 0 saturated heterocycles. The molecule has 1 aromatic carbocycles. The Kier molecular flexibility index (Phi) is 4.46. The Morgan fingerprint density at radius 3 is 3.00 bits per heavy atom. The van der Waals surface area contributed by atoms with Gasteiger partial charge in [0.25, 0.3) is 5.56 Å². The summed E-state index contributed by atoms with van der Waals surface area (Å²) in [5, 5.41) is 2.78. The topological polar surface area (TPSA) is 49.0 Å². The fourth-order valence-corrected chi connectivity index (χ4v) is 4.01. The number of rotatable bonds is 3. The quantitative estimate of drug-likeness (QED) is 0.756. The van der Waals surface area contributed by atoms with Gasteiger partial charge in [-0.15, -0.1) is 11.3 Å². The Morgan fingerprint density at radius 1 is 1.36 bits per heavy atom. The minimum Gasteiger partial charge on any atom is -0.306 e. The van der Waals surface area contributed by atoms with Gasteiger partial charge in [0.15, 0.2) is 5.82 Å². The lowest BCUT2D eigenvalue weighted by Gasteiger charge is -2.27. The number of fused-ring (bicyclic) bond motifs is 1. The van der Waals surface area contributed by atoms with E-state index in [0.717, 1.165) is 46.2 Å². The van der Waals surface area contributed by atoms with Gasteiger partial charge in [0, 0.05) is 31.1 Å². The zero-order valence-electron chi connectivity index (χ0n) is 13.9. The molecular formula is C19H18ClN3OS. The monoisotopic (exact) mass is 371 g/mol. The van der Waals surface area contributed by atoms with Gasteiger partial charge in [0.2, 0.25) is 0 Å². The Labute approximate surface area is 155 Å². The van der Waals surface area contributed by atoms with Crippen LogP contribution < -0.4 is 5.56 Å². The molecule has 0 aliphatic carbocycles. The van der Waals surface area contributed by atoms with E-state index in [0.29, 0.717) is 12.4 Å². The second-order valence-electron chi connectivity index (χ2n) is 6.36. The molecule has 4 nitrogen and oxygen atoms in total. The lowest BCUT2D eigenvalue weighted by atomic mass is 10.1. The van der Waals surface area contributed by atoms with Crippen molar-refractivity contribution in [2.45, 2.75) is 26.4 Å².